The number of carbonyl (C=O) groups is 2. The molecule has 0 fully saturated rings. The number of rotatable bonds is 7. The quantitative estimate of drug-likeness (QED) is 0.642. The van der Waals surface area contributed by atoms with E-state index in [1.165, 1.54) is 12.0 Å². The van der Waals surface area contributed by atoms with E-state index >= 15 is 0 Å². The van der Waals surface area contributed by atoms with Crippen LogP contribution in [-0.4, -0.2) is 60.4 Å². The number of hydrogen-bond donors (Lipinski definition) is 2. The summed E-state index contributed by atoms with van der Waals surface area (Å²) >= 11 is 0. The largest absolute Gasteiger partial charge is 0.481 e. The number of carbonyl (C=O) groups excluding carboxylic acids is 1. The van der Waals surface area contributed by atoms with E-state index in [2.05, 4.69) is 0 Å². The number of carboxylic acid groups (broad SMARTS) is 1. The van der Waals surface area contributed by atoms with Crippen LogP contribution in [0.5, 0.6) is 0 Å². The molecule has 1 aliphatic rings. The van der Waals surface area contributed by atoms with Gasteiger partial charge in [-0.3, -0.25) is 9.59 Å². The molecule has 2 N–H and O–H groups in total. The third-order valence-corrected chi connectivity index (χ3v) is 3.31. The summed E-state index contributed by atoms with van der Waals surface area (Å²) in [5.41, 5.74) is 0. The van der Waals surface area contributed by atoms with Crippen LogP contribution in [0.4, 0.5) is 0 Å². The van der Waals surface area contributed by atoms with Crippen molar-refractivity contribution >= 4 is 11.9 Å². The van der Waals surface area contributed by atoms with E-state index in [0.29, 0.717) is 26.0 Å². The van der Waals surface area contributed by atoms with Gasteiger partial charge in [-0.05, 0) is 12.8 Å². The average Bonchev–Trinajstić information content (AvgIpc) is 2.42. The second-order valence-electron chi connectivity index (χ2n) is 4.54. The van der Waals surface area contributed by atoms with E-state index in [4.69, 9.17) is 14.9 Å². The second kappa shape index (κ2) is 7.91. The number of carboxylic acids is 1. The minimum atomic E-state index is -0.946. The van der Waals surface area contributed by atoms with Crippen molar-refractivity contribution in [1.82, 2.24) is 4.90 Å². The van der Waals surface area contributed by atoms with Crippen molar-refractivity contribution < 1.29 is 24.5 Å². The van der Waals surface area contributed by atoms with Crippen LogP contribution >= 0.6 is 0 Å². The van der Waals surface area contributed by atoms with E-state index in [9.17, 15) is 9.59 Å². The SMILES string of the molecule is COCCN(CCO)C(=O)[C@@H]1CC=CC[C@@H]1C(=O)O. The van der Waals surface area contributed by atoms with Gasteiger partial charge in [0.2, 0.25) is 5.91 Å². The Kier molecular flexibility index (Phi) is 6.52. The van der Waals surface area contributed by atoms with Crippen molar-refractivity contribution in [3.63, 3.8) is 0 Å². The predicted molar refractivity (Wildman–Crippen MR) is 68.5 cm³/mol. The maximum atomic E-state index is 12.4. The van der Waals surface area contributed by atoms with Crippen molar-refractivity contribution in [2.24, 2.45) is 11.8 Å². The molecule has 1 amide bonds. The summed E-state index contributed by atoms with van der Waals surface area (Å²) in [6.07, 6.45) is 4.46. The zero-order chi connectivity index (χ0) is 14.3. The number of nitrogens with zero attached hydrogens (tertiary/aromatic N) is 1. The molecular formula is C13H21NO5. The molecule has 0 aliphatic heterocycles. The fourth-order valence-corrected chi connectivity index (χ4v) is 2.25. The highest BCUT2D eigenvalue weighted by atomic mass is 16.5. The van der Waals surface area contributed by atoms with Crippen LogP contribution in [0.2, 0.25) is 0 Å². The minimum absolute atomic E-state index is 0.143. The van der Waals surface area contributed by atoms with Crippen molar-refractivity contribution in [3.8, 4) is 0 Å². The predicted octanol–water partition coefficient (Wildman–Crippen LogP) is 0.121. The molecular weight excluding hydrogens is 250 g/mol. The standard InChI is InChI=1S/C13H21NO5/c1-19-9-7-14(6-8-15)12(16)10-4-2-3-5-11(10)13(17)18/h2-3,10-11,15H,4-9H2,1H3,(H,17,18)/t10-,11+/m1/s1. The van der Waals surface area contributed by atoms with E-state index < -0.39 is 17.8 Å². The van der Waals surface area contributed by atoms with Gasteiger partial charge in [0.05, 0.1) is 25.0 Å². The zero-order valence-corrected chi connectivity index (χ0v) is 11.1. The number of aliphatic hydroxyl groups is 1. The molecule has 0 heterocycles. The first-order valence-corrected chi connectivity index (χ1v) is 6.38. The fourth-order valence-electron chi connectivity index (χ4n) is 2.25. The Hall–Kier alpha value is -1.40. The molecule has 0 radical (unpaired) electrons. The molecule has 0 aromatic heterocycles. The number of aliphatic carboxylic acids is 1. The molecule has 0 saturated carbocycles. The zero-order valence-electron chi connectivity index (χ0n) is 11.1. The third-order valence-electron chi connectivity index (χ3n) is 3.31. The van der Waals surface area contributed by atoms with E-state index in [-0.39, 0.29) is 19.1 Å². The summed E-state index contributed by atoms with van der Waals surface area (Å²) in [7, 11) is 1.53. The fraction of sp³-hybridized carbons (Fsp3) is 0.692. The highest BCUT2D eigenvalue weighted by molar-refractivity contribution is 5.85. The van der Waals surface area contributed by atoms with Gasteiger partial charge in [0.1, 0.15) is 0 Å². The molecule has 108 valence electrons. The normalized spacial score (nSPS) is 22.2. The molecule has 6 nitrogen and oxygen atoms in total. The van der Waals surface area contributed by atoms with Gasteiger partial charge in [-0.15, -0.1) is 0 Å². The lowest BCUT2D eigenvalue weighted by atomic mass is 9.82. The Balaban J connectivity index is 2.75. The molecule has 1 rings (SSSR count). The maximum Gasteiger partial charge on any atom is 0.307 e. The second-order valence-corrected chi connectivity index (χ2v) is 4.54. The van der Waals surface area contributed by atoms with Crippen molar-refractivity contribution in [1.29, 1.82) is 0 Å². The van der Waals surface area contributed by atoms with Gasteiger partial charge in [0, 0.05) is 20.2 Å². The number of ether oxygens (including phenoxy) is 1. The number of methoxy groups -OCH3 is 1. The number of amides is 1. The highest BCUT2D eigenvalue weighted by Gasteiger charge is 2.36. The summed E-state index contributed by atoms with van der Waals surface area (Å²) in [5, 5.41) is 18.2. The number of aliphatic hydroxyl groups excluding tert-OH is 1. The summed E-state index contributed by atoms with van der Waals surface area (Å²) in [6, 6.07) is 0. The van der Waals surface area contributed by atoms with Gasteiger partial charge in [0.25, 0.3) is 0 Å². The summed E-state index contributed by atoms with van der Waals surface area (Å²) in [5.74, 6) is -2.40. The van der Waals surface area contributed by atoms with Crippen molar-refractivity contribution in [2.75, 3.05) is 33.4 Å². The first kappa shape index (κ1) is 15.7. The van der Waals surface area contributed by atoms with Crippen LogP contribution in [0, 0.1) is 11.8 Å². The minimum Gasteiger partial charge on any atom is -0.481 e. The Morgan fingerprint density at radius 1 is 1.26 bits per heavy atom. The van der Waals surface area contributed by atoms with E-state index in [1.54, 1.807) is 6.08 Å². The Labute approximate surface area is 112 Å². The average molecular weight is 271 g/mol. The monoisotopic (exact) mass is 271 g/mol. The summed E-state index contributed by atoms with van der Waals surface area (Å²) < 4.78 is 4.92. The van der Waals surface area contributed by atoms with Crippen LogP contribution in [-0.2, 0) is 14.3 Å². The van der Waals surface area contributed by atoms with Crippen molar-refractivity contribution in [3.05, 3.63) is 12.2 Å². The number of hydrogen-bond acceptors (Lipinski definition) is 4. The number of allylic oxidation sites excluding steroid dienone is 2. The van der Waals surface area contributed by atoms with Gasteiger partial charge in [-0.2, -0.15) is 0 Å². The molecule has 2 atom stereocenters. The first-order chi connectivity index (χ1) is 9.11. The van der Waals surface area contributed by atoms with Crippen LogP contribution in [0.1, 0.15) is 12.8 Å². The van der Waals surface area contributed by atoms with Gasteiger partial charge in [0.15, 0.2) is 0 Å². The van der Waals surface area contributed by atoms with Crippen molar-refractivity contribution in [2.45, 2.75) is 12.8 Å². The lowest BCUT2D eigenvalue weighted by Crippen LogP contribution is -2.44. The molecule has 19 heavy (non-hydrogen) atoms. The topological polar surface area (TPSA) is 87.1 Å². The van der Waals surface area contributed by atoms with Gasteiger partial charge >= 0.3 is 5.97 Å². The molecule has 1 aliphatic carbocycles. The Bertz CT molecular complexity index is 342. The summed E-state index contributed by atoms with van der Waals surface area (Å²) in [6.45, 7) is 0.791. The molecule has 0 unspecified atom stereocenters. The molecule has 0 saturated heterocycles. The van der Waals surface area contributed by atoms with Gasteiger partial charge in [-0.1, -0.05) is 12.2 Å². The van der Waals surface area contributed by atoms with E-state index in [0.717, 1.165) is 0 Å². The summed E-state index contributed by atoms with van der Waals surface area (Å²) in [4.78, 5) is 25.0. The van der Waals surface area contributed by atoms with E-state index in [1.807, 2.05) is 6.08 Å². The first-order valence-electron chi connectivity index (χ1n) is 6.38. The molecule has 0 aromatic carbocycles. The van der Waals surface area contributed by atoms with Gasteiger partial charge < -0.3 is 19.8 Å². The van der Waals surface area contributed by atoms with Crippen LogP contribution in [0.25, 0.3) is 0 Å². The lowest BCUT2D eigenvalue weighted by Gasteiger charge is -2.30. The van der Waals surface area contributed by atoms with Crippen LogP contribution in [0.3, 0.4) is 0 Å². The molecule has 0 bridgehead atoms. The van der Waals surface area contributed by atoms with Crippen LogP contribution < -0.4 is 0 Å². The third kappa shape index (κ3) is 4.33. The highest BCUT2D eigenvalue weighted by Crippen LogP contribution is 2.27. The Morgan fingerprint density at radius 3 is 2.42 bits per heavy atom. The lowest BCUT2D eigenvalue weighted by molar-refractivity contribution is -0.151. The maximum absolute atomic E-state index is 12.4. The Morgan fingerprint density at radius 2 is 1.89 bits per heavy atom. The molecule has 6 heteroatoms. The molecule has 0 spiro atoms. The molecule has 0 aromatic rings. The van der Waals surface area contributed by atoms with Gasteiger partial charge in [-0.25, -0.2) is 0 Å². The van der Waals surface area contributed by atoms with Crippen LogP contribution in [0.15, 0.2) is 12.2 Å². The smallest absolute Gasteiger partial charge is 0.307 e.